The fourth-order valence-electron chi connectivity index (χ4n) is 5.21. The molecule has 32 heavy (non-hydrogen) atoms. The number of nitrogens with one attached hydrogen (secondary N) is 2. The number of nitrogens with zero attached hydrogens (tertiary/aromatic N) is 1. The van der Waals surface area contributed by atoms with Crippen molar-refractivity contribution in [1.82, 2.24) is 15.3 Å². The highest BCUT2D eigenvalue weighted by Crippen LogP contribution is 2.63. The topological polar surface area (TPSA) is 57.8 Å². The number of aromatic nitrogens is 2. The molecule has 1 heterocycles. The first-order valence-corrected chi connectivity index (χ1v) is 11.7. The standard InChI is InChI=1S/C21H23F4N3O.C3H6/c22-20(23)6-12(7-20)4-19(29)26-10-11-1-2-16-17(3-11)28-18(27-16)5-13-14-8-21(24,25)9-15(13)14;1-2-3-1/h1-3,12-15H,4-10H2,(H,26,29)(H,27,28);1-3H2. The second kappa shape index (κ2) is 8.03. The number of carbonyl (C=O) groups is 1. The number of H-pyrrole nitrogens is 1. The summed E-state index contributed by atoms with van der Waals surface area (Å²) in [5.41, 5.74) is 2.55. The zero-order chi connectivity index (χ0) is 22.5. The van der Waals surface area contributed by atoms with Gasteiger partial charge < -0.3 is 10.3 Å². The lowest BCUT2D eigenvalue weighted by molar-refractivity contribution is -0.133. The molecule has 8 heteroatoms. The monoisotopic (exact) mass is 451 g/mol. The zero-order valence-corrected chi connectivity index (χ0v) is 18.0. The van der Waals surface area contributed by atoms with Crippen molar-refractivity contribution in [2.24, 2.45) is 23.7 Å². The molecule has 1 amide bonds. The maximum Gasteiger partial charge on any atom is 0.248 e. The SMILES string of the molecule is C1CC1.O=C(CC1CC(F)(F)C1)NCc1ccc2nc(CC3C4CC(F)(F)CC34)[nH]c2c1. The summed E-state index contributed by atoms with van der Waals surface area (Å²) in [5.74, 6) is -4.17. The van der Waals surface area contributed by atoms with E-state index >= 15 is 0 Å². The van der Waals surface area contributed by atoms with E-state index in [0.717, 1.165) is 22.4 Å². The molecule has 1 aromatic carbocycles. The summed E-state index contributed by atoms with van der Waals surface area (Å²) in [6, 6.07) is 5.65. The molecule has 2 aromatic rings. The number of carbonyl (C=O) groups excluding carboxylic acids is 1. The van der Waals surface area contributed by atoms with Gasteiger partial charge in [0.15, 0.2) is 0 Å². The van der Waals surface area contributed by atoms with E-state index in [1.807, 2.05) is 18.2 Å². The van der Waals surface area contributed by atoms with Crippen LogP contribution in [0.1, 0.15) is 62.8 Å². The Morgan fingerprint density at radius 1 is 1.03 bits per heavy atom. The van der Waals surface area contributed by atoms with Crippen LogP contribution in [0, 0.1) is 23.7 Å². The average Bonchev–Trinajstić information content (AvgIpc) is 3.59. The van der Waals surface area contributed by atoms with Crippen LogP contribution in [0.15, 0.2) is 18.2 Å². The molecule has 4 aliphatic carbocycles. The number of alkyl halides is 4. The lowest BCUT2D eigenvalue weighted by Crippen LogP contribution is -2.38. The summed E-state index contributed by atoms with van der Waals surface area (Å²) in [5, 5.41) is 2.78. The van der Waals surface area contributed by atoms with E-state index in [-0.39, 0.29) is 55.8 Å². The lowest BCUT2D eigenvalue weighted by atomic mass is 9.79. The fraction of sp³-hybridized carbons (Fsp3) is 0.667. The van der Waals surface area contributed by atoms with Crippen molar-refractivity contribution in [1.29, 1.82) is 0 Å². The Hall–Kier alpha value is -2.12. The predicted octanol–water partition coefficient (Wildman–Crippen LogP) is 5.62. The number of aromatic amines is 1. The highest BCUT2D eigenvalue weighted by molar-refractivity contribution is 5.78. The highest BCUT2D eigenvalue weighted by Gasteiger charge is 2.62. The van der Waals surface area contributed by atoms with Gasteiger partial charge in [0, 0.05) is 45.1 Å². The van der Waals surface area contributed by atoms with Gasteiger partial charge in [-0.2, -0.15) is 0 Å². The molecule has 0 radical (unpaired) electrons. The molecule has 0 bridgehead atoms. The first kappa shape index (κ1) is 21.7. The van der Waals surface area contributed by atoms with Gasteiger partial charge in [0.05, 0.1) is 11.0 Å². The Morgan fingerprint density at radius 3 is 2.31 bits per heavy atom. The smallest absolute Gasteiger partial charge is 0.248 e. The molecule has 4 fully saturated rings. The van der Waals surface area contributed by atoms with Crippen molar-refractivity contribution in [3.63, 3.8) is 0 Å². The first-order valence-electron chi connectivity index (χ1n) is 11.7. The zero-order valence-electron chi connectivity index (χ0n) is 18.0. The van der Waals surface area contributed by atoms with E-state index in [4.69, 9.17) is 0 Å². The van der Waals surface area contributed by atoms with Crippen molar-refractivity contribution >= 4 is 16.9 Å². The molecule has 2 atom stereocenters. The van der Waals surface area contributed by atoms with Crippen molar-refractivity contribution in [3.8, 4) is 0 Å². The predicted molar refractivity (Wildman–Crippen MR) is 112 cm³/mol. The summed E-state index contributed by atoms with van der Waals surface area (Å²) >= 11 is 0. The summed E-state index contributed by atoms with van der Waals surface area (Å²) < 4.78 is 52.3. The fourth-order valence-corrected chi connectivity index (χ4v) is 5.21. The summed E-state index contributed by atoms with van der Waals surface area (Å²) in [4.78, 5) is 19.8. The minimum atomic E-state index is -2.60. The summed E-state index contributed by atoms with van der Waals surface area (Å²) in [6.07, 6.45) is 4.93. The third-order valence-electron chi connectivity index (χ3n) is 7.09. The van der Waals surface area contributed by atoms with Gasteiger partial charge >= 0.3 is 0 Å². The number of imidazole rings is 1. The van der Waals surface area contributed by atoms with Crippen LogP contribution in [0.3, 0.4) is 0 Å². The third kappa shape index (κ3) is 5.09. The maximum absolute atomic E-state index is 13.3. The second-order valence-corrected chi connectivity index (χ2v) is 10.2. The molecule has 1 aromatic heterocycles. The van der Waals surface area contributed by atoms with Crippen molar-refractivity contribution in [3.05, 3.63) is 29.6 Å². The van der Waals surface area contributed by atoms with Gasteiger partial charge in [0.2, 0.25) is 17.8 Å². The van der Waals surface area contributed by atoms with Gasteiger partial charge in [-0.25, -0.2) is 22.5 Å². The van der Waals surface area contributed by atoms with E-state index in [9.17, 15) is 22.4 Å². The number of halogens is 4. The Kier molecular flexibility index (Phi) is 5.45. The maximum atomic E-state index is 13.3. The van der Waals surface area contributed by atoms with Gasteiger partial charge in [0.1, 0.15) is 5.82 Å². The van der Waals surface area contributed by atoms with Crippen LogP contribution in [-0.4, -0.2) is 27.7 Å². The molecule has 4 saturated carbocycles. The number of rotatable bonds is 6. The number of benzene rings is 1. The molecule has 6 rings (SSSR count). The van der Waals surface area contributed by atoms with Crippen molar-refractivity contribution < 1.29 is 22.4 Å². The van der Waals surface area contributed by atoms with Crippen LogP contribution in [0.25, 0.3) is 11.0 Å². The molecule has 0 saturated heterocycles. The minimum absolute atomic E-state index is 0.00487. The van der Waals surface area contributed by atoms with Crippen molar-refractivity contribution in [2.45, 2.75) is 76.2 Å². The molecule has 0 aliphatic heterocycles. The largest absolute Gasteiger partial charge is 0.352 e. The van der Waals surface area contributed by atoms with Gasteiger partial charge in [0.25, 0.3) is 0 Å². The minimum Gasteiger partial charge on any atom is -0.352 e. The van der Waals surface area contributed by atoms with Crippen LogP contribution in [0.5, 0.6) is 0 Å². The number of amides is 1. The van der Waals surface area contributed by atoms with Gasteiger partial charge in [-0.3, -0.25) is 4.79 Å². The summed E-state index contributed by atoms with van der Waals surface area (Å²) in [6.45, 7) is 0.327. The molecule has 0 spiro atoms. The molecule has 174 valence electrons. The number of hydrogen-bond acceptors (Lipinski definition) is 2. The first-order chi connectivity index (χ1) is 15.2. The van der Waals surface area contributed by atoms with E-state index in [0.29, 0.717) is 18.9 Å². The third-order valence-corrected chi connectivity index (χ3v) is 7.09. The molecular weight excluding hydrogens is 422 g/mol. The van der Waals surface area contributed by atoms with E-state index in [2.05, 4.69) is 15.3 Å². The lowest BCUT2D eigenvalue weighted by Gasteiger charge is -2.34. The number of fused-ring (bicyclic) bond motifs is 2. The Labute approximate surface area is 184 Å². The Bertz CT molecular complexity index is 978. The van der Waals surface area contributed by atoms with Crippen LogP contribution >= 0.6 is 0 Å². The number of hydrogen-bond donors (Lipinski definition) is 2. The Balaban J connectivity index is 0.000000666. The molecular formula is C24H29F4N3O. The summed E-state index contributed by atoms with van der Waals surface area (Å²) in [7, 11) is 0. The van der Waals surface area contributed by atoms with Gasteiger partial charge in [-0.1, -0.05) is 25.3 Å². The molecule has 4 aliphatic rings. The van der Waals surface area contributed by atoms with Crippen LogP contribution in [0.4, 0.5) is 17.6 Å². The normalized spacial score (nSPS) is 28.9. The van der Waals surface area contributed by atoms with E-state index in [1.165, 1.54) is 19.3 Å². The Morgan fingerprint density at radius 2 is 1.69 bits per heavy atom. The molecule has 2 N–H and O–H groups in total. The van der Waals surface area contributed by atoms with Crippen molar-refractivity contribution in [2.75, 3.05) is 0 Å². The quantitative estimate of drug-likeness (QED) is 0.560. The molecule has 4 nitrogen and oxygen atoms in total. The van der Waals surface area contributed by atoms with Crippen LogP contribution < -0.4 is 5.32 Å². The highest BCUT2D eigenvalue weighted by atomic mass is 19.3. The second-order valence-electron chi connectivity index (χ2n) is 10.2. The van der Waals surface area contributed by atoms with Crippen LogP contribution in [-0.2, 0) is 17.8 Å². The average molecular weight is 452 g/mol. The van der Waals surface area contributed by atoms with E-state index < -0.39 is 11.8 Å². The van der Waals surface area contributed by atoms with E-state index in [1.54, 1.807) is 0 Å². The van der Waals surface area contributed by atoms with Gasteiger partial charge in [-0.15, -0.1) is 0 Å². The molecule has 2 unspecified atom stereocenters. The van der Waals surface area contributed by atoms with Crippen LogP contribution in [0.2, 0.25) is 0 Å². The van der Waals surface area contributed by atoms with Gasteiger partial charge in [-0.05, 0) is 41.4 Å².